The van der Waals surface area contributed by atoms with Gasteiger partial charge in [-0.05, 0) is 86.8 Å². The van der Waals surface area contributed by atoms with Crippen LogP contribution in [0.5, 0.6) is 11.5 Å². The summed E-state index contributed by atoms with van der Waals surface area (Å²) in [6.07, 6.45) is 31.9. The Labute approximate surface area is 308 Å². The molecule has 0 aromatic heterocycles. The Balaban J connectivity index is 2.39. The Morgan fingerprint density at radius 3 is 1.08 bits per heavy atom. The van der Waals surface area contributed by atoms with Gasteiger partial charge in [-0.3, -0.25) is 9.98 Å². The predicted octanol–water partition coefficient (Wildman–Crippen LogP) is 13.9. The van der Waals surface area contributed by atoms with E-state index in [4.69, 9.17) is 9.98 Å². The van der Waals surface area contributed by atoms with Crippen molar-refractivity contribution < 1.29 is 10.2 Å². The Kier molecular flexibility index (Phi) is 22.1. The van der Waals surface area contributed by atoms with Crippen LogP contribution in [0.25, 0.3) is 0 Å². The van der Waals surface area contributed by atoms with Crippen LogP contribution in [0.15, 0.2) is 46.4 Å². The molecule has 0 aliphatic heterocycles. The normalized spacial score (nSPS) is 12.5. The van der Waals surface area contributed by atoms with Crippen LogP contribution < -0.4 is 0 Å². The Morgan fingerprint density at radius 1 is 0.440 bits per heavy atom. The third-order valence-electron chi connectivity index (χ3n) is 10.7. The molecule has 2 rings (SSSR count). The second-order valence-corrected chi connectivity index (χ2v) is 15.1. The topological polar surface area (TPSA) is 65.2 Å². The molecule has 0 radical (unpaired) electrons. The molecule has 0 spiro atoms. The standard InChI is InChI=1S/C46H76N2O2/c1-7-13-15-17-19-21-23-25-39-27-29-43(49)41(35-39)37-47-45(31-9-3,32-10-4)46(33-11-5,34-12-6)48-38-42-36-40(28-30-44(42)50)26-24-22-20-18-16-14-8-2/h27-30,35-38,49-50H,7-26,31-34H2,1-6H3. The van der Waals surface area contributed by atoms with E-state index in [2.05, 4.69) is 65.8 Å². The monoisotopic (exact) mass is 689 g/mol. The zero-order valence-corrected chi connectivity index (χ0v) is 33.4. The Morgan fingerprint density at radius 2 is 0.760 bits per heavy atom. The molecule has 0 fully saturated rings. The number of phenolic OH excluding ortho intramolecular Hbond substituents is 2. The summed E-state index contributed by atoms with van der Waals surface area (Å²) in [6, 6.07) is 12.2. The van der Waals surface area contributed by atoms with Gasteiger partial charge in [-0.2, -0.15) is 0 Å². The molecule has 2 N–H and O–H groups in total. The lowest BCUT2D eigenvalue weighted by atomic mass is 9.67. The molecule has 0 saturated carbocycles. The Hall–Kier alpha value is -2.62. The number of phenols is 2. The third-order valence-corrected chi connectivity index (χ3v) is 10.7. The highest BCUT2D eigenvalue weighted by Gasteiger charge is 2.48. The Bertz CT molecular complexity index is 1130. The van der Waals surface area contributed by atoms with Crippen LogP contribution in [-0.4, -0.2) is 33.7 Å². The van der Waals surface area contributed by atoms with Gasteiger partial charge in [0.1, 0.15) is 11.5 Å². The number of benzene rings is 2. The van der Waals surface area contributed by atoms with Crippen molar-refractivity contribution in [2.45, 2.75) is 207 Å². The van der Waals surface area contributed by atoms with Gasteiger partial charge in [-0.15, -0.1) is 0 Å². The molecule has 4 nitrogen and oxygen atoms in total. The second kappa shape index (κ2) is 25.4. The van der Waals surface area contributed by atoms with Crippen molar-refractivity contribution in [3.63, 3.8) is 0 Å². The molecule has 0 amide bonds. The van der Waals surface area contributed by atoms with Crippen LogP contribution in [0.3, 0.4) is 0 Å². The number of aliphatic imine (C=N–C) groups is 2. The van der Waals surface area contributed by atoms with E-state index in [9.17, 15) is 10.2 Å². The van der Waals surface area contributed by atoms with Crippen LogP contribution in [0, 0.1) is 0 Å². The maximum absolute atomic E-state index is 11.0. The van der Waals surface area contributed by atoms with E-state index in [1.54, 1.807) is 0 Å². The number of aromatic hydroxyl groups is 2. The van der Waals surface area contributed by atoms with Gasteiger partial charge in [0.15, 0.2) is 0 Å². The highest BCUT2D eigenvalue weighted by Crippen LogP contribution is 2.45. The molecule has 0 heterocycles. The fourth-order valence-electron chi connectivity index (χ4n) is 8.02. The maximum Gasteiger partial charge on any atom is 0.124 e. The predicted molar refractivity (Wildman–Crippen MR) is 220 cm³/mol. The van der Waals surface area contributed by atoms with Gasteiger partial charge in [0.2, 0.25) is 0 Å². The van der Waals surface area contributed by atoms with Crippen LogP contribution in [0.1, 0.15) is 205 Å². The van der Waals surface area contributed by atoms with E-state index in [0.29, 0.717) is 11.5 Å². The minimum atomic E-state index is -0.412. The van der Waals surface area contributed by atoms with E-state index in [-0.39, 0.29) is 0 Å². The van der Waals surface area contributed by atoms with Crippen LogP contribution in [0.4, 0.5) is 0 Å². The smallest absolute Gasteiger partial charge is 0.124 e. The fraction of sp³-hybridized carbons (Fsp3) is 0.696. The van der Waals surface area contributed by atoms with Crippen molar-refractivity contribution in [2.24, 2.45) is 9.98 Å². The zero-order valence-electron chi connectivity index (χ0n) is 33.4. The third kappa shape index (κ3) is 14.5. The van der Waals surface area contributed by atoms with E-state index in [0.717, 1.165) is 75.3 Å². The lowest BCUT2D eigenvalue weighted by Gasteiger charge is -2.46. The summed E-state index contributed by atoms with van der Waals surface area (Å²) < 4.78 is 0. The van der Waals surface area contributed by atoms with Crippen LogP contribution in [-0.2, 0) is 12.8 Å². The van der Waals surface area contributed by atoms with Crippen molar-refractivity contribution in [3.8, 4) is 11.5 Å². The molecular weight excluding hydrogens is 613 g/mol. The van der Waals surface area contributed by atoms with E-state index in [1.165, 1.54) is 101 Å². The summed E-state index contributed by atoms with van der Waals surface area (Å²) in [5.74, 6) is 0.587. The minimum absolute atomic E-state index is 0.293. The molecule has 0 aliphatic carbocycles. The average Bonchev–Trinajstić information content (AvgIpc) is 3.11. The summed E-state index contributed by atoms with van der Waals surface area (Å²) in [6.45, 7) is 13.6. The number of aryl methyl sites for hydroxylation is 2. The number of rotatable bonds is 29. The molecule has 0 aliphatic rings. The van der Waals surface area contributed by atoms with Gasteiger partial charge in [-0.25, -0.2) is 0 Å². The fourth-order valence-corrected chi connectivity index (χ4v) is 8.02. The van der Waals surface area contributed by atoms with Gasteiger partial charge in [0.05, 0.1) is 11.1 Å². The van der Waals surface area contributed by atoms with Crippen molar-refractivity contribution in [1.82, 2.24) is 0 Å². The molecule has 0 unspecified atom stereocenters. The van der Waals surface area contributed by atoms with Crippen molar-refractivity contribution in [1.29, 1.82) is 0 Å². The average molecular weight is 689 g/mol. The summed E-state index contributed by atoms with van der Waals surface area (Å²) >= 11 is 0. The zero-order chi connectivity index (χ0) is 36.5. The summed E-state index contributed by atoms with van der Waals surface area (Å²) in [5.41, 5.74) is 3.34. The first-order valence-corrected chi connectivity index (χ1v) is 21.1. The number of unbranched alkanes of at least 4 members (excludes halogenated alkanes) is 12. The SMILES string of the molecule is CCCCCCCCCc1ccc(O)c(C=NC(CCC)(CCC)C(CCC)(CCC)N=Cc2cc(CCCCCCCCC)ccc2O)c1. The van der Waals surface area contributed by atoms with Crippen molar-refractivity contribution in [3.05, 3.63) is 58.7 Å². The van der Waals surface area contributed by atoms with Crippen LogP contribution >= 0.6 is 0 Å². The van der Waals surface area contributed by atoms with Crippen molar-refractivity contribution in [2.75, 3.05) is 0 Å². The first kappa shape index (κ1) is 43.5. The highest BCUT2D eigenvalue weighted by atomic mass is 16.3. The number of hydrogen-bond acceptors (Lipinski definition) is 4. The van der Waals surface area contributed by atoms with E-state index >= 15 is 0 Å². The first-order chi connectivity index (χ1) is 24.3. The number of nitrogens with zero attached hydrogens (tertiary/aromatic N) is 2. The summed E-state index contributed by atoms with van der Waals surface area (Å²) in [7, 11) is 0. The van der Waals surface area contributed by atoms with Crippen molar-refractivity contribution >= 4 is 12.4 Å². The second-order valence-electron chi connectivity index (χ2n) is 15.1. The molecule has 0 bridgehead atoms. The van der Waals surface area contributed by atoms with E-state index in [1.807, 2.05) is 24.6 Å². The summed E-state index contributed by atoms with van der Waals surface area (Å²) in [5, 5.41) is 22.0. The molecule has 2 aromatic carbocycles. The summed E-state index contributed by atoms with van der Waals surface area (Å²) in [4.78, 5) is 11.0. The largest absolute Gasteiger partial charge is 0.507 e. The van der Waals surface area contributed by atoms with Gasteiger partial charge >= 0.3 is 0 Å². The van der Waals surface area contributed by atoms with Gasteiger partial charge in [0.25, 0.3) is 0 Å². The maximum atomic E-state index is 11.0. The van der Waals surface area contributed by atoms with Gasteiger partial charge in [0, 0.05) is 23.6 Å². The quantitative estimate of drug-likeness (QED) is 0.0660. The minimum Gasteiger partial charge on any atom is -0.507 e. The molecule has 0 atom stereocenters. The lowest BCUT2D eigenvalue weighted by molar-refractivity contribution is 0.166. The molecular formula is C46H76N2O2. The highest BCUT2D eigenvalue weighted by molar-refractivity contribution is 5.85. The molecule has 2 aromatic rings. The molecule has 50 heavy (non-hydrogen) atoms. The van der Waals surface area contributed by atoms with Crippen LogP contribution in [0.2, 0.25) is 0 Å². The first-order valence-electron chi connectivity index (χ1n) is 21.1. The van der Waals surface area contributed by atoms with Gasteiger partial charge in [-0.1, -0.05) is 156 Å². The molecule has 4 heteroatoms. The molecule has 282 valence electrons. The molecule has 0 saturated heterocycles. The number of hydrogen-bond donors (Lipinski definition) is 2. The van der Waals surface area contributed by atoms with Gasteiger partial charge < -0.3 is 10.2 Å². The lowest BCUT2D eigenvalue weighted by Crippen LogP contribution is -2.52. The van der Waals surface area contributed by atoms with E-state index < -0.39 is 11.1 Å².